The molecule has 94 valence electrons. The minimum atomic E-state index is 0.694. The average molecular weight is 243 g/mol. The third-order valence-corrected chi connectivity index (χ3v) is 3.45. The summed E-state index contributed by atoms with van der Waals surface area (Å²) >= 11 is 0. The Morgan fingerprint density at radius 2 is 2.28 bits per heavy atom. The highest BCUT2D eigenvalue weighted by atomic mass is 15.1. The molecule has 1 aliphatic rings. The van der Waals surface area contributed by atoms with Crippen LogP contribution >= 0.6 is 0 Å². The monoisotopic (exact) mass is 243 g/mol. The van der Waals surface area contributed by atoms with Crippen LogP contribution in [0.2, 0.25) is 0 Å². The fourth-order valence-corrected chi connectivity index (χ4v) is 2.43. The molecule has 0 aliphatic carbocycles. The molecule has 1 fully saturated rings. The van der Waals surface area contributed by atoms with Crippen molar-refractivity contribution in [1.29, 1.82) is 0 Å². The lowest BCUT2D eigenvalue weighted by atomic mass is 10.0. The third-order valence-electron chi connectivity index (χ3n) is 3.45. The van der Waals surface area contributed by atoms with Crippen molar-refractivity contribution < 1.29 is 0 Å². The van der Waals surface area contributed by atoms with Gasteiger partial charge in [0.2, 0.25) is 0 Å². The van der Waals surface area contributed by atoms with E-state index in [2.05, 4.69) is 25.5 Å². The van der Waals surface area contributed by atoms with Gasteiger partial charge in [-0.25, -0.2) is 4.98 Å². The van der Waals surface area contributed by atoms with E-state index in [1.54, 1.807) is 12.4 Å². The molecule has 3 heterocycles. The van der Waals surface area contributed by atoms with Crippen LogP contribution in [-0.4, -0.2) is 33.3 Å². The molecule has 1 unspecified atom stereocenters. The molecule has 2 N–H and O–H groups in total. The van der Waals surface area contributed by atoms with Gasteiger partial charge >= 0.3 is 0 Å². The number of nitrogens with zero attached hydrogens (tertiary/aromatic N) is 3. The number of aromatic nitrogens is 4. The predicted molar refractivity (Wildman–Crippen MR) is 69.0 cm³/mol. The molecule has 1 aliphatic heterocycles. The Hall–Kier alpha value is -1.75. The molecule has 2 aromatic rings. The molecule has 0 radical (unpaired) electrons. The van der Waals surface area contributed by atoms with E-state index in [0.717, 1.165) is 42.2 Å². The first-order valence-electron chi connectivity index (χ1n) is 6.35. The van der Waals surface area contributed by atoms with Crippen LogP contribution in [0.3, 0.4) is 0 Å². The summed E-state index contributed by atoms with van der Waals surface area (Å²) in [6.07, 6.45) is 7.72. The fraction of sp³-hybridized carbons (Fsp3) is 0.462. The number of aryl methyl sites for hydroxylation is 1. The van der Waals surface area contributed by atoms with Gasteiger partial charge in [0.05, 0.1) is 23.8 Å². The van der Waals surface area contributed by atoms with Crippen molar-refractivity contribution in [2.75, 3.05) is 13.1 Å². The maximum Gasteiger partial charge on any atom is 0.0922 e. The predicted octanol–water partition coefficient (Wildman–Crippen LogP) is 1.33. The summed E-state index contributed by atoms with van der Waals surface area (Å²) in [4.78, 5) is 8.99. The van der Waals surface area contributed by atoms with E-state index in [-0.39, 0.29) is 0 Å². The summed E-state index contributed by atoms with van der Waals surface area (Å²) in [5.74, 6) is 0.694. The Morgan fingerprint density at radius 3 is 3.00 bits per heavy atom. The lowest BCUT2D eigenvalue weighted by molar-refractivity contribution is 0.570. The maximum absolute atomic E-state index is 4.69. The number of nitrogens with one attached hydrogen (secondary N) is 2. The molecule has 5 heteroatoms. The van der Waals surface area contributed by atoms with Gasteiger partial charge in [-0.1, -0.05) is 0 Å². The number of rotatable bonds is 3. The quantitative estimate of drug-likeness (QED) is 0.853. The van der Waals surface area contributed by atoms with Crippen molar-refractivity contribution in [3.05, 3.63) is 30.0 Å². The van der Waals surface area contributed by atoms with Crippen LogP contribution in [0.25, 0.3) is 11.3 Å². The second-order valence-corrected chi connectivity index (χ2v) is 4.87. The molecule has 2 aromatic heterocycles. The summed E-state index contributed by atoms with van der Waals surface area (Å²) in [5, 5.41) is 10.3. The van der Waals surface area contributed by atoms with E-state index in [0.29, 0.717) is 5.92 Å². The largest absolute Gasteiger partial charge is 0.316 e. The standard InChI is InChI=1S/C13H17N5/c1-9-12(7-16-18-9)13-8-15-6-11(17-13)4-10-2-3-14-5-10/h6-8,10,14H,2-5H2,1H3,(H,16,18). The average Bonchev–Trinajstić information content (AvgIpc) is 3.01. The highest BCUT2D eigenvalue weighted by Crippen LogP contribution is 2.20. The Balaban J connectivity index is 1.82. The third kappa shape index (κ3) is 2.26. The second-order valence-electron chi connectivity index (χ2n) is 4.87. The Kier molecular flexibility index (Phi) is 3.06. The molecule has 0 amide bonds. The van der Waals surface area contributed by atoms with Gasteiger partial charge in [-0.2, -0.15) is 5.10 Å². The van der Waals surface area contributed by atoms with Crippen LogP contribution in [0.4, 0.5) is 0 Å². The van der Waals surface area contributed by atoms with Crippen molar-refractivity contribution in [1.82, 2.24) is 25.5 Å². The van der Waals surface area contributed by atoms with E-state index in [4.69, 9.17) is 0 Å². The second kappa shape index (κ2) is 4.86. The minimum Gasteiger partial charge on any atom is -0.316 e. The molecular weight excluding hydrogens is 226 g/mol. The van der Waals surface area contributed by atoms with Gasteiger partial charge in [0.25, 0.3) is 0 Å². The molecule has 3 rings (SSSR count). The maximum atomic E-state index is 4.69. The molecule has 0 aromatic carbocycles. The summed E-state index contributed by atoms with van der Waals surface area (Å²) in [7, 11) is 0. The van der Waals surface area contributed by atoms with Gasteiger partial charge in [0.1, 0.15) is 0 Å². The number of H-pyrrole nitrogens is 1. The van der Waals surface area contributed by atoms with Crippen molar-refractivity contribution in [2.24, 2.45) is 5.92 Å². The highest BCUT2D eigenvalue weighted by Gasteiger charge is 2.16. The van der Waals surface area contributed by atoms with Crippen molar-refractivity contribution in [3.8, 4) is 11.3 Å². The first-order chi connectivity index (χ1) is 8.83. The van der Waals surface area contributed by atoms with E-state index >= 15 is 0 Å². The smallest absolute Gasteiger partial charge is 0.0922 e. The number of hydrogen-bond donors (Lipinski definition) is 2. The zero-order valence-electron chi connectivity index (χ0n) is 10.5. The number of hydrogen-bond acceptors (Lipinski definition) is 4. The molecule has 0 saturated carbocycles. The fourth-order valence-electron chi connectivity index (χ4n) is 2.43. The van der Waals surface area contributed by atoms with Crippen LogP contribution in [-0.2, 0) is 6.42 Å². The molecule has 0 spiro atoms. The molecule has 0 bridgehead atoms. The van der Waals surface area contributed by atoms with Gasteiger partial charge in [0, 0.05) is 17.5 Å². The van der Waals surface area contributed by atoms with Gasteiger partial charge < -0.3 is 5.32 Å². The van der Waals surface area contributed by atoms with Crippen LogP contribution in [0.1, 0.15) is 17.8 Å². The topological polar surface area (TPSA) is 66.5 Å². The summed E-state index contributed by atoms with van der Waals surface area (Å²) in [6, 6.07) is 0. The van der Waals surface area contributed by atoms with Crippen LogP contribution in [0.15, 0.2) is 18.6 Å². The number of aromatic amines is 1. The van der Waals surface area contributed by atoms with Crippen LogP contribution < -0.4 is 5.32 Å². The zero-order valence-corrected chi connectivity index (χ0v) is 10.5. The van der Waals surface area contributed by atoms with E-state index in [1.807, 2.05) is 13.1 Å². The lowest BCUT2D eigenvalue weighted by Gasteiger charge is -2.08. The Labute approximate surface area is 106 Å². The van der Waals surface area contributed by atoms with Crippen molar-refractivity contribution in [2.45, 2.75) is 19.8 Å². The minimum absolute atomic E-state index is 0.694. The zero-order chi connectivity index (χ0) is 12.4. The Bertz CT molecular complexity index is 528. The molecule has 5 nitrogen and oxygen atoms in total. The van der Waals surface area contributed by atoms with E-state index in [9.17, 15) is 0 Å². The van der Waals surface area contributed by atoms with Gasteiger partial charge in [-0.3, -0.25) is 10.1 Å². The van der Waals surface area contributed by atoms with Crippen LogP contribution in [0, 0.1) is 12.8 Å². The van der Waals surface area contributed by atoms with Crippen molar-refractivity contribution in [3.63, 3.8) is 0 Å². The first-order valence-corrected chi connectivity index (χ1v) is 6.35. The SMILES string of the molecule is Cc1[nH]ncc1-c1cncc(CC2CCNC2)n1. The molecule has 1 atom stereocenters. The van der Waals surface area contributed by atoms with Gasteiger partial charge in [-0.15, -0.1) is 0 Å². The lowest BCUT2D eigenvalue weighted by Crippen LogP contribution is -2.11. The van der Waals surface area contributed by atoms with Gasteiger partial charge in [0.15, 0.2) is 0 Å². The van der Waals surface area contributed by atoms with E-state index < -0.39 is 0 Å². The molecular formula is C13H17N5. The van der Waals surface area contributed by atoms with Crippen LogP contribution in [0.5, 0.6) is 0 Å². The Morgan fingerprint density at radius 1 is 1.33 bits per heavy atom. The normalized spacial score (nSPS) is 19.3. The van der Waals surface area contributed by atoms with Gasteiger partial charge in [-0.05, 0) is 38.8 Å². The molecule has 1 saturated heterocycles. The summed E-state index contributed by atoms with van der Waals surface area (Å²) in [6.45, 7) is 4.22. The first kappa shape index (κ1) is 11.3. The highest BCUT2D eigenvalue weighted by molar-refractivity contribution is 5.59. The summed E-state index contributed by atoms with van der Waals surface area (Å²) < 4.78 is 0. The van der Waals surface area contributed by atoms with Crippen molar-refractivity contribution >= 4 is 0 Å². The van der Waals surface area contributed by atoms with E-state index in [1.165, 1.54) is 6.42 Å². The molecule has 18 heavy (non-hydrogen) atoms. The summed E-state index contributed by atoms with van der Waals surface area (Å²) in [5.41, 5.74) is 4.05.